The molecule has 0 amide bonds. The lowest BCUT2D eigenvalue weighted by atomic mass is 10.1. The Morgan fingerprint density at radius 2 is 2.33 bits per heavy atom. The van der Waals surface area contributed by atoms with Gasteiger partial charge in [0.25, 0.3) is 0 Å². The van der Waals surface area contributed by atoms with Crippen LogP contribution < -0.4 is 0 Å². The van der Waals surface area contributed by atoms with Gasteiger partial charge in [-0.15, -0.1) is 11.3 Å². The number of nitrogens with zero attached hydrogens (tertiary/aromatic N) is 1. The van der Waals surface area contributed by atoms with Crippen molar-refractivity contribution >= 4 is 27.3 Å². The van der Waals surface area contributed by atoms with Gasteiger partial charge in [0.2, 0.25) is 0 Å². The molecule has 0 fully saturated rings. The summed E-state index contributed by atoms with van der Waals surface area (Å²) in [6.45, 7) is 0. The zero-order valence-corrected chi connectivity index (χ0v) is 10.3. The first-order valence-electron chi connectivity index (χ1n) is 4.56. The van der Waals surface area contributed by atoms with E-state index in [1.807, 2.05) is 23.6 Å². The number of hydrogen-bond donors (Lipinski definition) is 1. The van der Waals surface area contributed by atoms with Crippen molar-refractivity contribution in [1.82, 2.24) is 4.98 Å². The van der Waals surface area contributed by atoms with Crippen molar-refractivity contribution in [3.8, 4) is 0 Å². The number of aliphatic hydroxyl groups is 1. The highest BCUT2D eigenvalue weighted by molar-refractivity contribution is 9.10. The highest BCUT2D eigenvalue weighted by Gasteiger charge is 2.09. The molecule has 15 heavy (non-hydrogen) atoms. The third kappa shape index (κ3) is 2.87. The third-order valence-corrected chi connectivity index (χ3v) is 3.42. The van der Waals surface area contributed by atoms with Crippen LogP contribution in [0.4, 0.5) is 0 Å². The first-order valence-corrected chi connectivity index (χ1v) is 6.24. The predicted molar refractivity (Wildman–Crippen MR) is 64.9 cm³/mol. The van der Waals surface area contributed by atoms with Gasteiger partial charge in [-0.25, -0.2) is 0 Å². The number of aliphatic hydroxyl groups excluding tert-OH is 1. The van der Waals surface area contributed by atoms with Gasteiger partial charge in [0.1, 0.15) is 0 Å². The third-order valence-electron chi connectivity index (χ3n) is 2.09. The minimum absolute atomic E-state index is 0.478. The van der Waals surface area contributed by atoms with E-state index in [9.17, 15) is 5.11 Å². The molecule has 2 aromatic rings. The molecule has 0 spiro atoms. The smallest absolute Gasteiger partial charge is 0.0853 e. The summed E-state index contributed by atoms with van der Waals surface area (Å²) in [5.41, 5.74) is 0.845. The van der Waals surface area contributed by atoms with E-state index < -0.39 is 6.10 Å². The highest BCUT2D eigenvalue weighted by Crippen LogP contribution is 2.22. The van der Waals surface area contributed by atoms with Crippen molar-refractivity contribution in [3.05, 3.63) is 50.9 Å². The van der Waals surface area contributed by atoms with Crippen molar-refractivity contribution in [3.63, 3.8) is 0 Å². The van der Waals surface area contributed by atoms with Crippen LogP contribution in [-0.4, -0.2) is 10.1 Å². The van der Waals surface area contributed by atoms with Crippen molar-refractivity contribution in [2.24, 2.45) is 0 Å². The topological polar surface area (TPSA) is 33.1 Å². The number of halogens is 1. The number of thiophene rings is 1. The van der Waals surface area contributed by atoms with Crippen LogP contribution in [0.3, 0.4) is 0 Å². The molecule has 0 aliphatic carbocycles. The summed E-state index contributed by atoms with van der Waals surface area (Å²) in [6, 6.07) is 5.91. The molecule has 78 valence electrons. The van der Waals surface area contributed by atoms with E-state index in [4.69, 9.17) is 0 Å². The minimum atomic E-state index is -0.478. The maximum atomic E-state index is 9.96. The lowest BCUT2D eigenvalue weighted by molar-refractivity contribution is 0.179. The molecule has 4 heteroatoms. The van der Waals surface area contributed by atoms with Crippen LogP contribution in [0.15, 0.2) is 40.4 Å². The van der Waals surface area contributed by atoms with E-state index in [2.05, 4.69) is 20.9 Å². The van der Waals surface area contributed by atoms with E-state index in [1.165, 1.54) is 4.88 Å². The Morgan fingerprint density at radius 1 is 1.47 bits per heavy atom. The van der Waals surface area contributed by atoms with Crippen LogP contribution in [0.1, 0.15) is 16.5 Å². The van der Waals surface area contributed by atoms with Gasteiger partial charge in [0.15, 0.2) is 0 Å². The molecule has 0 radical (unpaired) electrons. The van der Waals surface area contributed by atoms with Gasteiger partial charge in [-0.2, -0.15) is 0 Å². The molecule has 2 rings (SSSR count). The lowest BCUT2D eigenvalue weighted by Gasteiger charge is -2.09. The fraction of sp³-hybridized carbons (Fsp3) is 0.182. The van der Waals surface area contributed by atoms with Crippen molar-refractivity contribution in [2.45, 2.75) is 12.5 Å². The first-order chi connectivity index (χ1) is 7.25. The standard InChI is InChI=1S/C11H10BrNOS/c12-9-4-8(6-13-7-9)11(14)5-10-2-1-3-15-10/h1-4,6-7,11,14H,5H2. The molecule has 0 saturated carbocycles. The summed E-state index contributed by atoms with van der Waals surface area (Å²) in [7, 11) is 0. The summed E-state index contributed by atoms with van der Waals surface area (Å²) in [6.07, 6.45) is 3.58. The Labute approximate surface area is 101 Å². The largest absolute Gasteiger partial charge is 0.388 e. The molecule has 1 unspecified atom stereocenters. The van der Waals surface area contributed by atoms with E-state index >= 15 is 0 Å². The first kappa shape index (κ1) is 10.8. The fourth-order valence-corrected chi connectivity index (χ4v) is 2.47. The van der Waals surface area contributed by atoms with Crippen LogP contribution in [0, 0.1) is 0 Å². The summed E-state index contributed by atoms with van der Waals surface area (Å²) >= 11 is 5.00. The van der Waals surface area contributed by atoms with Crippen molar-refractivity contribution in [2.75, 3.05) is 0 Å². The summed E-state index contributed by atoms with van der Waals surface area (Å²) in [5, 5.41) is 12.0. The Bertz CT molecular complexity index is 430. The molecular formula is C11H10BrNOS. The summed E-state index contributed by atoms with van der Waals surface area (Å²) in [5.74, 6) is 0. The van der Waals surface area contributed by atoms with Gasteiger partial charge < -0.3 is 5.11 Å². The second-order valence-corrected chi connectivity index (χ2v) is 5.18. The van der Waals surface area contributed by atoms with Gasteiger partial charge in [0.05, 0.1) is 6.10 Å². The predicted octanol–water partition coefficient (Wildman–Crippen LogP) is 3.18. The second-order valence-electron chi connectivity index (χ2n) is 3.24. The molecule has 0 aromatic carbocycles. The van der Waals surface area contributed by atoms with Crippen molar-refractivity contribution < 1.29 is 5.11 Å². The molecule has 0 aliphatic rings. The number of hydrogen-bond acceptors (Lipinski definition) is 3. The number of pyridine rings is 1. The molecule has 1 atom stereocenters. The monoisotopic (exact) mass is 283 g/mol. The SMILES string of the molecule is OC(Cc1cccs1)c1cncc(Br)c1. The maximum absolute atomic E-state index is 9.96. The Hall–Kier alpha value is -0.710. The summed E-state index contributed by atoms with van der Waals surface area (Å²) in [4.78, 5) is 5.21. The van der Waals surface area contributed by atoms with Crippen LogP contribution >= 0.6 is 27.3 Å². The molecule has 0 aliphatic heterocycles. The van der Waals surface area contributed by atoms with Crippen LogP contribution in [0.5, 0.6) is 0 Å². The molecule has 0 saturated heterocycles. The van der Waals surface area contributed by atoms with E-state index in [0.29, 0.717) is 6.42 Å². The molecule has 1 N–H and O–H groups in total. The maximum Gasteiger partial charge on any atom is 0.0853 e. The average molecular weight is 284 g/mol. The van der Waals surface area contributed by atoms with Gasteiger partial charge in [-0.3, -0.25) is 4.98 Å². The average Bonchev–Trinajstić information content (AvgIpc) is 2.70. The molecule has 2 heterocycles. The van der Waals surface area contributed by atoms with Gasteiger partial charge in [-0.05, 0) is 33.4 Å². The number of aromatic nitrogens is 1. The van der Waals surface area contributed by atoms with E-state index in [-0.39, 0.29) is 0 Å². The normalized spacial score (nSPS) is 12.7. The van der Waals surface area contributed by atoms with E-state index in [1.54, 1.807) is 23.7 Å². The molecular weight excluding hydrogens is 274 g/mol. The second kappa shape index (κ2) is 4.88. The van der Waals surface area contributed by atoms with Crippen LogP contribution in [0.2, 0.25) is 0 Å². The van der Waals surface area contributed by atoms with Crippen molar-refractivity contribution in [1.29, 1.82) is 0 Å². The summed E-state index contributed by atoms with van der Waals surface area (Å²) < 4.78 is 0.894. The van der Waals surface area contributed by atoms with E-state index in [0.717, 1.165) is 10.0 Å². The Kier molecular flexibility index (Phi) is 3.51. The van der Waals surface area contributed by atoms with Crippen LogP contribution in [-0.2, 0) is 6.42 Å². The zero-order chi connectivity index (χ0) is 10.7. The molecule has 0 bridgehead atoms. The quantitative estimate of drug-likeness (QED) is 0.939. The van der Waals surface area contributed by atoms with Gasteiger partial charge in [0, 0.05) is 33.7 Å². The fourth-order valence-electron chi connectivity index (χ4n) is 1.35. The Morgan fingerprint density at radius 3 is 3.00 bits per heavy atom. The molecule has 2 nitrogen and oxygen atoms in total. The van der Waals surface area contributed by atoms with Gasteiger partial charge >= 0.3 is 0 Å². The Balaban J connectivity index is 2.11. The molecule has 2 aromatic heterocycles. The lowest BCUT2D eigenvalue weighted by Crippen LogP contribution is -2.00. The van der Waals surface area contributed by atoms with Crippen LogP contribution in [0.25, 0.3) is 0 Å². The van der Waals surface area contributed by atoms with Gasteiger partial charge in [-0.1, -0.05) is 6.07 Å². The highest BCUT2D eigenvalue weighted by atomic mass is 79.9. The minimum Gasteiger partial charge on any atom is -0.388 e. The zero-order valence-electron chi connectivity index (χ0n) is 7.93. The number of rotatable bonds is 3.